The van der Waals surface area contributed by atoms with Crippen LogP contribution >= 0.6 is 23.5 Å². The molecule has 2 nitrogen and oxygen atoms in total. The predicted octanol–water partition coefficient (Wildman–Crippen LogP) is 4.81. The van der Waals surface area contributed by atoms with Crippen molar-refractivity contribution in [3.05, 3.63) is 12.2 Å². The Hall–Kier alpha value is 0.0700. The Morgan fingerprint density at radius 2 is 2.00 bits per heavy atom. The van der Waals surface area contributed by atoms with E-state index >= 15 is 0 Å². The Morgan fingerprint density at radius 1 is 1.29 bits per heavy atom. The van der Waals surface area contributed by atoms with Crippen molar-refractivity contribution in [1.29, 1.82) is 0 Å². The van der Waals surface area contributed by atoms with E-state index in [-0.39, 0.29) is 16.0 Å². The summed E-state index contributed by atoms with van der Waals surface area (Å²) in [6.07, 6.45) is 11.5. The van der Waals surface area contributed by atoms with Crippen LogP contribution in [0.4, 0.5) is 0 Å². The number of thioether (sulfide) groups is 2. The maximum atomic E-state index is 11.3. The second kappa shape index (κ2) is 10.7. The van der Waals surface area contributed by atoms with Crippen molar-refractivity contribution >= 4 is 29.3 Å². The van der Waals surface area contributed by atoms with Crippen molar-refractivity contribution in [2.45, 2.75) is 75.4 Å². The van der Waals surface area contributed by atoms with Gasteiger partial charge in [0.05, 0.1) is 10.2 Å². The Kier molecular flexibility index (Phi) is 9.78. The van der Waals surface area contributed by atoms with Crippen LogP contribution in [-0.4, -0.2) is 32.6 Å². The van der Waals surface area contributed by atoms with Crippen molar-refractivity contribution < 1.29 is 9.90 Å². The molecule has 0 spiro atoms. The molecule has 1 saturated heterocycles. The van der Waals surface area contributed by atoms with Gasteiger partial charge in [0.1, 0.15) is 0 Å². The summed E-state index contributed by atoms with van der Waals surface area (Å²) in [5.74, 6) is 2.49. The van der Waals surface area contributed by atoms with Crippen LogP contribution in [0.2, 0.25) is 0 Å². The van der Waals surface area contributed by atoms with E-state index in [1.165, 1.54) is 19.3 Å². The Morgan fingerprint density at radius 3 is 2.62 bits per heavy atom. The molecular formula is C17H30O2S2. The molecule has 0 amide bonds. The van der Waals surface area contributed by atoms with Crippen LogP contribution in [0.1, 0.15) is 65.2 Å². The van der Waals surface area contributed by atoms with E-state index in [2.05, 4.69) is 6.92 Å². The lowest BCUT2D eigenvalue weighted by molar-refractivity contribution is -0.114. The van der Waals surface area contributed by atoms with E-state index in [1.807, 2.05) is 36.5 Å². The monoisotopic (exact) mass is 330 g/mol. The molecule has 0 radical (unpaired) electrons. The molecule has 0 saturated carbocycles. The van der Waals surface area contributed by atoms with E-state index < -0.39 is 0 Å². The predicted molar refractivity (Wildman–Crippen MR) is 96.1 cm³/mol. The summed E-state index contributed by atoms with van der Waals surface area (Å²) in [7, 11) is 0. The first-order valence-corrected chi connectivity index (χ1v) is 10.3. The molecule has 0 aromatic heterocycles. The average molecular weight is 331 g/mol. The highest BCUT2D eigenvalue weighted by Gasteiger charge is 2.39. The lowest BCUT2D eigenvalue weighted by atomic mass is 10.0. The number of unbranched alkanes of at least 4 members (excludes halogenated alkanes) is 2. The van der Waals surface area contributed by atoms with E-state index in [0.717, 1.165) is 37.2 Å². The van der Waals surface area contributed by atoms with Gasteiger partial charge in [0.15, 0.2) is 5.78 Å². The van der Waals surface area contributed by atoms with Gasteiger partial charge >= 0.3 is 0 Å². The number of allylic oxidation sites excluding steroid dienone is 2. The highest BCUT2D eigenvalue weighted by Crippen LogP contribution is 2.49. The molecule has 1 atom stereocenters. The van der Waals surface area contributed by atoms with Gasteiger partial charge in [-0.1, -0.05) is 39.2 Å². The molecule has 0 unspecified atom stereocenters. The van der Waals surface area contributed by atoms with Crippen molar-refractivity contribution in [3.63, 3.8) is 0 Å². The van der Waals surface area contributed by atoms with Gasteiger partial charge in [0.25, 0.3) is 0 Å². The van der Waals surface area contributed by atoms with Gasteiger partial charge in [-0.05, 0) is 43.3 Å². The van der Waals surface area contributed by atoms with Crippen LogP contribution in [-0.2, 0) is 4.79 Å². The largest absolute Gasteiger partial charge is 0.391 e. The summed E-state index contributed by atoms with van der Waals surface area (Å²) in [6, 6.07) is 0. The fraction of sp³-hybridized carbons (Fsp3) is 0.824. The number of aliphatic hydroxyl groups excluding tert-OH is 1. The van der Waals surface area contributed by atoms with Crippen molar-refractivity contribution in [3.8, 4) is 0 Å². The lowest BCUT2D eigenvalue weighted by Crippen LogP contribution is -2.38. The van der Waals surface area contributed by atoms with E-state index in [1.54, 1.807) is 6.08 Å². The van der Waals surface area contributed by atoms with Gasteiger partial charge in [-0.2, -0.15) is 0 Å². The van der Waals surface area contributed by atoms with Crippen molar-refractivity contribution in [2.75, 3.05) is 11.5 Å². The quantitative estimate of drug-likeness (QED) is 0.461. The van der Waals surface area contributed by atoms with Gasteiger partial charge in [-0.15, -0.1) is 23.5 Å². The molecule has 1 aliphatic heterocycles. The molecule has 1 heterocycles. The average Bonchev–Trinajstić information content (AvgIpc) is 2.52. The maximum absolute atomic E-state index is 11.3. The van der Waals surface area contributed by atoms with Crippen molar-refractivity contribution in [1.82, 2.24) is 0 Å². The number of aliphatic hydroxyl groups is 1. The summed E-state index contributed by atoms with van der Waals surface area (Å²) >= 11 is 3.87. The molecular weight excluding hydrogens is 300 g/mol. The number of hydrogen-bond acceptors (Lipinski definition) is 4. The molecule has 1 aliphatic rings. The van der Waals surface area contributed by atoms with Gasteiger partial charge in [0.2, 0.25) is 0 Å². The van der Waals surface area contributed by atoms with Crippen LogP contribution in [0.15, 0.2) is 12.2 Å². The second-order valence-electron chi connectivity index (χ2n) is 5.63. The zero-order valence-corrected chi connectivity index (χ0v) is 15.1. The third-order valence-electron chi connectivity index (χ3n) is 3.88. The highest BCUT2D eigenvalue weighted by molar-refractivity contribution is 8.18. The molecule has 0 aromatic carbocycles. The summed E-state index contributed by atoms with van der Waals surface area (Å²) in [5, 5.41) is 10.7. The zero-order chi connectivity index (χ0) is 15.6. The smallest absolute Gasteiger partial charge is 0.155 e. The molecule has 4 heteroatoms. The number of carbonyl (C=O) groups excluding carboxylic acids is 1. The molecule has 0 aliphatic carbocycles. The lowest BCUT2D eigenvalue weighted by Gasteiger charge is -2.40. The summed E-state index contributed by atoms with van der Waals surface area (Å²) in [6.45, 7) is 4.08. The van der Waals surface area contributed by atoms with Crippen LogP contribution in [0, 0.1) is 0 Å². The molecule has 1 fully saturated rings. The Bertz CT molecular complexity index is 323. The van der Waals surface area contributed by atoms with Gasteiger partial charge in [-0.25, -0.2) is 0 Å². The van der Waals surface area contributed by atoms with Crippen LogP contribution < -0.4 is 0 Å². The van der Waals surface area contributed by atoms with E-state index in [4.69, 9.17) is 0 Å². The fourth-order valence-electron chi connectivity index (χ4n) is 2.52. The third kappa shape index (κ3) is 6.79. The van der Waals surface area contributed by atoms with Crippen LogP contribution in [0.3, 0.4) is 0 Å². The summed E-state index contributed by atoms with van der Waals surface area (Å²) in [5.41, 5.74) is 0. The Balaban J connectivity index is 2.52. The topological polar surface area (TPSA) is 37.3 Å². The summed E-state index contributed by atoms with van der Waals surface area (Å²) < 4.78 is -0.0500. The van der Waals surface area contributed by atoms with Gasteiger partial charge < -0.3 is 5.11 Å². The van der Waals surface area contributed by atoms with Gasteiger partial charge in [0, 0.05) is 6.42 Å². The minimum Gasteiger partial charge on any atom is -0.391 e. The Labute approximate surface area is 138 Å². The maximum Gasteiger partial charge on any atom is 0.155 e. The molecule has 1 N–H and O–H groups in total. The minimum atomic E-state index is -0.227. The molecule has 122 valence electrons. The first kappa shape index (κ1) is 19.1. The summed E-state index contributed by atoms with van der Waals surface area (Å²) in [4.78, 5) is 11.3. The molecule has 0 bridgehead atoms. The van der Waals surface area contributed by atoms with Crippen LogP contribution in [0.5, 0.6) is 0 Å². The first-order chi connectivity index (χ1) is 10.1. The van der Waals surface area contributed by atoms with E-state index in [9.17, 15) is 9.90 Å². The third-order valence-corrected chi connectivity index (χ3v) is 7.50. The number of carbonyl (C=O) groups is 1. The molecule has 0 aromatic rings. The SMILES string of the molecule is CCCCC[C@@H](O)C1(CC/C=C/C(=O)CC)SCCCS1. The molecule has 21 heavy (non-hydrogen) atoms. The van der Waals surface area contributed by atoms with Crippen LogP contribution in [0.25, 0.3) is 0 Å². The normalized spacial score (nSPS) is 19.8. The molecule has 1 rings (SSSR count). The number of hydrogen-bond donors (Lipinski definition) is 1. The zero-order valence-electron chi connectivity index (χ0n) is 13.5. The standard InChI is InChI=1S/C17H30O2S2/c1-3-5-6-11-16(19)17(20-13-9-14-21-17)12-8-7-10-15(18)4-2/h7,10,16,19H,3-6,8-9,11-14H2,1-2H3/b10-7+/t16-/m1/s1. The fourth-order valence-corrected chi connectivity index (χ4v) is 5.95. The van der Waals surface area contributed by atoms with Crippen molar-refractivity contribution in [2.24, 2.45) is 0 Å². The van der Waals surface area contributed by atoms with E-state index in [0.29, 0.717) is 6.42 Å². The second-order valence-corrected chi connectivity index (χ2v) is 8.74. The van der Waals surface area contributed by atoms with Gasteiger partial charge in [-0.3, -0.25) is 4.79 Å². The minimum absolute atomic E-state index is 0.0500. The first-order valence-electron chi connectivity index (χ1n) is 8.30. The number of ketones is 1. The highest BCUT2D eigenvalue weighted by atomic mass is 32.2. The number of rotatable bonds is 10.